The first-order valence-electron chi connectivity index (χ1n) is 5.08. The average molecular weight is 228 g/mol. The van der Waals surface area contributed by atoms with Crippen LogP contribution in [0.4, 0.5) is 5.00 Å². The third-order valence-corrected chi connectivity index (χ3v) is 3.50. The van der Waals surface area contributed by atoms with Crippen molar-refractivity contribution in [3.8, 4) is 0 Å². The van der Waals surface area contributed by atoms with E-state index < -0.39 is 0 Å². The van der Waals surface area contributed by atoms with Crippen LogP contribution in [0.3, 0.4) is 0 Å². The van der Waals surface area contributed by atoms with Crippen LogP contribution in [0.15, 0.2) is 0 Å². The van der Waals surface area contributed by atoms with E-state index in [0.717, 1.165) is 36.9 Å². The molecule has 0 radical (unpaired) electrons. The molecule has 84 valence electrons. The van der Waals surface area contributed by atoms with Crippen LogP contribution in [0.25, 0.3) is 0 Å². The molecule has 2 rings (SSSR count). The third kappa shape index (κ3) is 2.45. The number of anilines is 1. The molecule has 1 aromatic rings. The summed E-state index contributed by atoms with van der Waals surface area (Å²) >= 11 is 1.40. The summed E-state index contributed by atoms with van der Waals surface area (Å²) in [6.07, 6.45) is 1.11. The maximum atomic E-state index is 5.36. The predicted octanol–water partition coefficient (Wildman–Crippen LogP) is 0.800. The van der Waals surface area contributed by atoms with Gasteiger partial charge in [0, 0.05) is 37.8 Å². The molecule has 0 aromatic carbocycles. The van der Waals surface area contributed by atoms with E-state index in [0.29, 0.717) is 6.04 Å². The molecule has 1 aromatic heterocycles. The van der Waals surface area contributed by atoms with Gasteiger partial charge in [0.1, 0.15) is 10.7 Å². The molecule has 0 spiro atoms. The van der Waals surface area contributed by atoms with Gasteiger partial charge in [-0.3, -0.25) is 4.90 Å². The number of nitrogens with zero attached hydrogens (tertiary/aromatic N) is 3. The van der Waals surface area contributed by atoms with Crippen LogP contribution in [0.1, 0.15) is 12.1 Å². The van der Waals surface area contributed by atoms with Crippen molar-refractivity contribution in [2.45, 2.75) is 19.0 Å². The van der Waals surface area contributed by atoms with E-state index in [2.05, 4.69) is 26.9 Å². The highest BCUT2D eigenvalue weighted by atomic mass is 32.1. The molecule has 0 saturated carbocycles. The normalized spacial score (nSPS) is 21.1. The van der Waals surface area contributed by atoms with Crippen molar-refractivity contribution < 1.29 is 4.74 Å². The average Bonchev–Trinajstić information content (AvgIpc) is 2.87. The van der Waals surface area contributed by atoms with E-state index in [1.165, 1.54) is 11.5 Å². The highest BCUT2D eigenvalue weighted by molar-refractivity contribution is 7.10. The Balaban J connectivity index is 1.95. The molecule has 0 amide bonds. The minimum Gasteiger partial charge on any atom is -0.380 e. The minimum absolute atomic E-state index is 0.524. The fourth-order valence-electron chi connectivity index (χ4n) is 1.74. The second kappa shape index (κ2) is 4.87. The summed E-state index contributed by atoms with van der Waals surface area (Å²) in [5, 5.41) is 8.29. The highest BCUT2D eigenvalue weighted by Gasteiger charge is 2.21. The molecule has 1 aliphatic rings. The zero-order valence-corrected chi connectivity index (χ0v) is 9.88. The number of aromatic nitrogens is 2. The molecule has 1 N–H and O–H groups in total. The van der Waals surface area contributed by atoms with Gasteiger partial charge in [-0.2, -0.15) is 0 Å². The summed E-state index contributed by atoms with van der Waals surface area (Å²) in [4.78, 5) is 2.28. The van der Waals surface area contributed by atoms with Crippen molar-refractivity contribution in [1.82, 2.24) is 14.5 Å². The van der Waals surface area contributed by atoms with Crippen molar-refractivity contribution in [2.24, 2.45) is 0 Å². The Bertz CT molecular complexity index is 311. The second-order valence-electron chi connectivity index (χ2n) is 3.73. The molecular weight excluding hydrogens is 212 g/mol. The Labute approximate surface area is 93.6 Å². The molecule has 2 heterocycles. The largest absolute Gasteiger partial charge is 0.380 e. The smallest absolute Gasteiger partial charge is 0.134 e. The van der Waals surface area contributed by atoms with Gasteiger partial charge in [-0.05, 0) is 13.5 Å². The Kier molecular flexibility index (Phi) is 3.50. The lowest BCUT2D eigenvalue weighted by atomic mass is 10.2. The van der Waals surface area contributed by atoms with Crippen molar-refractivity contribution in [2.75, 3.05) is 32.6 Å². The van der Waals surface area contributed by atoms with Gasteiger partial charge >= 0.3 is 0 Å². The van der Waals surface area contributed by atoms with Crippen LogP contribution in [0, 0.1) is 0 Å². The van der Waals surface area contributed by atoms with E-state index >= 15 is 0 Å². The number of likely N-dealkylation sites (N-methyl/N-ethyl adjacent to an activating group) is 1. The summed E-state index contributed by atoms with van der Waals surface area (Å²) in [6, 6.07) is 0.524. The molecule has 6 heteroatoms. The molecule has 5 nitrogen and oxygen atoms in total. The number of hydrogen-bond acceptors (Lipinski definition) is 6. The number of nitrogens with one attached hydrogen (secondary N) is 1. The monoisotopic (exact) mass is 228 g/mol. The second-order valence-corrected chi connectivity index (χ2v) is 4.49. The lowest BCUT2D eigenvalue weighted by Gasteiger charge is -2.21. The van der Waals surface area contributed by atoms with E-state index in [1.54, 1.807) is 0 Å². The van der Waals surface area contributed by atoms with Crippen LogP contribution in [-0.2, 0) is 11.3 Å². The van der Waals surface area contributed by atoms with Gasteiger partial charge in [0.2, 0.25) is 0 Å². The van der Waals surface area contributed by atoms with Gasteiger partial charge in [0.25, 0.3) is 0 Å². The SMILES string of the molecule is CNc1snnc1CN(C)C1CCOC1. The van der Waals surface area contributed by atoms with Gasteiger partial charge in [-0.25, -0.2) is 0 Å². The molecule has 0 aliphatic carbocycles. The van der Waals surface area contributed by atoms with Gasteiger partial charge in [-0.15, -0.1) is 5.10 Å². The number of rotatable bonds is 4. The predicted molar refractivity (Wildman–Crippen MR) is 60.1 cm³/mol. The fourth-order valence-corrected chi connectivity index (χ4v) is 2.26. The van der Waals surface area contributed by atoms with E-state index in [1.807, 2.05) is 7.05 Å². The molecule has 1 aliphatic heterocycles. The van der Waals surface area contributed by atoms with Gasteiger partial charge in [-0.1, -0.05) is 4.49 Å². The fraction of sp³-hybridized carbons (Fsp3) is 0.778. The van der Waals surface area contributed by atoms with Gasteiger partial charge < -0.3 is 10.1 Å². The van der Waals surface area contributed by atoms with Gasteiger partial charge in [0.15, 0.2) is 0 Å². The molecule has 15 heavy (non-hydrogen) atoms. The zero-order chi connectivity index (χ0) is 10.7. The lowest BCUT2D eigenvalue weighted by molar-refractivity contribution is 0.156. The minimum atomic E-state index is 0.524. The van der Waals surface area contributed by atoms with Crippen LogP contribution in [0.5, 0.6) is 0 Å². The summed E-state index contributed by atoms with van der Waals surface area (Å²) in [6.45, 7) is 2.55. The van der Waals surface area contributed by atoms with Crippen LogP contribution < -0.4 is 5.32 Å². The standard InChI is InChI=1S/C9H16N4OS/c1-10-9-8(11-12-15-9)5-13(2)7-3-4-14-6-7/h7,10H,3-6H2,1-2H3. The first kappa shape index (κ1) is 10.8. The van der Waals surface area contributed by atoms with Crippen molar-refractivity contribution in [3.05, 3.63) is 5.69 Å². The van der Waals surface area contributed by atoms with E-state index in [4.69, 9.17) is 4.74 Å². The number of ether oxygens (including phenoxy) is 1. The van der Waals surface area contributed by atoms with Gasteiger partial charge in [0.05, 0.1) is 6.61 Å². The zero-order valence-electron chi connectivity index (χ0n) is 9.06. The van der Waals surface area contributed by atoms with Crippen LogP contribution in [0.2, 0.25) is 0 Å². The molecule has 1 saturated heterocycles. The topological polar surface area (TPSA) is 50.3 Å². The third-order valence-electron chi connectivity index (χ3n) is 2.71. The Morgan fingerprint density at radius 1 is 1.67 bits per heavy atom. The summed E-state index contributed by atoms with van der Waals surface area (Å²) in [7, 11) is 4.01. The Hall–Kier alpha value is -0.720. The van der Waals surface area contributed by atoms with Crippen LogP contribution in [-0.4, -0.2) is 47.8 Å². The van der Waals surface area contributed by atoms with Crippen molar-refractivity contribution in [1.29, 1.82) is 0 Å². The molecule has 1 atom stereocenters. The first-order chi connectivity index (χ1) is 7.31. The molecule has 1 unspecified atom stereocenters. The Morgan fingerprint density at radius 3 is 3.20 bits per heavy atom. The van der Waals surface area contributed by atoms with E-state index in [-0.39, 0.29) is 0 Å². The molecule has 1 fully saturated rings. The van der Waals surface area contributed by atoms with Crippen molar-refractivity contribution in [3.63, 3.8) is 0 Å². The summed E-state index contributed by atoms with van der Waals surface area (Å²) in [5.41, 5.74) is 1.02. The lowest BCUT2D eigenvalue weighted by Crippen LogP contribution is -2.31. The van der Waals surface area contributed by atoms with E-state index in [9.17, 15) is 0 Å². The maximum Gasteiger partial charge on any atom is 0.134 e. The van der Waals surface area contributed by atoms with Crippen LogP contribution >= 0.6 is 11.5 Å². The summed E-state index contributed by atoms with van der Waals surface area (Å²) in [5.74, 6) is 0. The summed E-state index contributed by atoms with van der Waals surface area (Å²) < 4.78 is 9.31. The van der Waals surface area contributed by atoms with Crippen molar-refractivity contribution >= 4 is 16.5 Å². The molecular formula is C9H16N4OS. The maximum absolute atomic E-state index is 5.36. The molecule has 0 bridgehead atoms. The quantitative estimate of drug-likeness (QED) is 0.826. The Morgan fingerprint density at radius 2 is 2.53 bits per heavy atom. The highest BCUT2D eigenvalue weighted by Crippen LogP contribution is 2.20. The number of hydrogen-bond donors (Lipinski definition) is 1. The first-order valence-corrected chi connectivity index (χ1v) is 5.85.